The molecule has 0 bridgehead atoms. The Morgan fingerprint density at radius 2 is 2.17 bits per heavy atom. The molecule has 0 unspecified atom stereocenters. The second kappa shape index (κ2) is 4.71. The van der Waals surface area contributed by atoms with Crippen LogP contribution in [-0.4, -0.2) is 34.6 Å². The Hall–Kier alpha value is -1.39. The Kier molecular flexibility index (Phi) is 3.41. The van der Waals surface area contributed by atoms with E-state index in [-0.39, 0.29) is 5.92 Å². The number of carbonyl (C=O) groups is 1. The van der Waals surface area contributed by atoms with Gasteiger partial charge in [0.1, 0.15) is 0 Å². The molecule has 1 saturated heterocycles. The molecule has 0 saturated carbocycles. The summed E-state index contributed by atoms with van der Waals surface area (Å²) in [4.78, 5) is 13.3. The van der Waals surface area contributed by atoms with Gasteiger partial charge in [0.05, 0.1) is 5.60 Å². The van der Waals surface area contributed by atoms with Crippen molar-refractivity contribution >= 4 is 5.91 Å². The van der Waals surface area contributed by atoms with Crippen molar-refractivity contribution < 1.29 is 9.90 Å². The number of benzene rings is 1. The third kappa shape index (κ3) is 2.54. The van der Waals surface area contributed by atoms with Gasteiger partial charge in [-0.1, -0.05) is 26.0 Å². The van der Waals surface area contributed by atoms with Crippen molar-refractivity contribution in [2.45, 2.75) is 26.0 Å². The molecule has 1 aromatic rings. The lowest BCUT2D eigenvalue weighted by Crippen LogP contribution is -2.63. The van der Waals surface area contributed by atoms with Crippen LogP contribution in [0.1, 0.15) is 29.8 Å². The van der Waals surface area contributed by atoms with Crippen LogP contribution in [0.5, 0.6) is 0 Å². The Balaban J connectivity index is 1.96. The zero-order valence-corrected chi connectivity index (χ0v) is 10.9. The number of nitrogens with zero attached hydrogens (tertiary/aromatic N) is 1. The Labute approximate surface area is 107 Å². The molecule has 1 aromatic carbocycles. The van der Waals surface area contributed by atoms with E-state index in [0.717, 1.165) is 12.1 Å². The normalized spacial score (nSPS) is 18.7. The fourth-order valence-corrected chi connectivity index (χ4v) is 2.29. The third-order valence-electron chi connectivity index (χ3n) is 3.69. The van der Waals surface area contributed by atoms with E-state index < -0.39 is 11.5 Å². The van der Waals surface area contributed by atoms with Gasteiger partial charge in [0.15, 0.2) is 0 Å². The highest BCUT2D eigenvalue weighted by Gasteiger charge is 2.43. The van der Waals surface area contributed by atoms with Crippen LogP contribution in [0.3, 0.4) is 0 Å². The quantitative estimate of drug-likeness (QED) is 0.835. The van der Waals surface area contributed by atoms with E-state index in [9.17, 15) is 9.90 Å². The number of carbonyl (C=O) groups excluding carboxylic acids is 1. The molecule has 1 fully saturated rings. The highest BCUT2D eigenvalue weighted by atomic mass is 16.3. The van der Waals surface area contributed by atoms with E-state index in [1.165, 1.54) is 0 Å². The number of hydrogen-bond donors (Lipinski definition) is 2. The number of aliphatic hydroxyl groups is 1. The van der Waals surface area contributed by atoms with Gasteiger partial charge < -0.3 is 10.8 Å². The minimum Gasteiger partial charge on any atom is -0.387 e. The van der Waals surface area contributed by atoms with E-state index in [0.29, 0.717) is 18.7 Å². The molecule has 4 nitrogen and oxygen atoms in total. The SMILES string of the molecule is CC(C)C1(O)CN(Cc2cccc(C(N)=O)c2)C1. The van der Waals surface area contributed by atoms with E-state index in [2.05, 4.69) is 4.90 Å². The topological polar surface area (TPSA) is 66.6 Å². The van der Waals surface area contributed by atoms with Gasteiger partial charge in [0, 0.05) is 25.2 Å². The fourth-order valence-electron chi connectivity index (χ4n) is 2.29. The van der Waals surface area contributed by atoms with E-state index >= 15 is 0 Å². The third-order valence-corrected chi connectivity index (χ3v) is 3.69. The van der Waals surface area contributed by atoms with Crippen molar-refractivity contribution in [1.29, 1.82) is 0 Å². The van der Waals surface area contributed by atoms with Crippen molar-refractivity contribution in [2.75, 3.05) is 13.1 Å². The lowest BCUT2D eigenvalue weighted by Gasteiger charge is -2.49. The second-order valence-corrected chi connectivity index (χ2v) is 5.47. The van der Waals surface area contributed by atoms with Gasteiger partial charge in [-0.15, -0.1) is 0 Å². The maximum atomic E-state index is 11.1. The summed E-state index contributed by atoms with van der Waals surface area (Å²) in [6, 6.07) is 7.34. The molecule has 0 aliphatic carbocycles. The van der Waals surface area contributed by atoms with Crippen molar-refractivity contribution in [3.8, 4) is 0 Å². The van der Waals surface area contributed by atoms with Crippen LogP contribution in [0, 0.1) is 5.92 Å². The Morgan fingerprint density at radius 1 is 1.50 bits per heavy atom. The van der Waals surface area contributed by atoms with Gasteiger partial charge in [-0.2, -0.15) is 0 Å². The highest BCUT2D eigenvalue weighted by Crippen LogP contribution is 2.29. The predicted molar refractivity (Wildman–Crippen MR) is 70.0 cm³/mol. The smallest absolute Gasteiger partial charge is 0.248 e. The summed E-state index contributed by atoms with van der Waals surface area (Å²) < 4.78 is 0. The van der Waals surface area contributed by atoms with E-state index in [1.54, 1.807) is 6.07 Å². The molecule has 0 aromatic heterocycles. The minimum absolute atomic E-state index is 0.269. The number of rotatable bonds is 4. The van der Waals surface area contributed by atoms with E-state index in [1.807, 2.05) is 32.0 Å². The highest BCUT2D eigenvalue weighted by molar-refractivity contribution is 5.92. The van der Waals surface area contributed by atoms with Crippen LogP contribution in [0.15, 0.2) is 24.3 Å². The van der Waals surface area contributed by atoms with Gasteiger partial charge in [-0.25, -0.2) is 0 Å². The van der Waals surface area contributed by atoms with Crippen LogP contribution >= 0.6 is 0 Å². The van der Waals surface area contributed by atoms with Crippen molar-refractivity contribution in [2.24, 2.45) is 11.7 Å². The minimum atomic E-state index is -0.554. The molecule has 18 heavy (non-hydrogen) atoms. The molecule has 1 aliphatic heterocycles. The standard InChI is InChI=1S/C14H20N2O2/c1-10(2)14(18)8-16(9-14)7-11-4-3-5-12(6-11)13(15)17/h3-6,10,18H,7-9H2,1-2H3,(H2,15,17). The summed E-state index contributed by atoms with van der Waals surface area (Å²) in [5, 5.41) is 10.2. The van der Waals surface area contributed by atoms with Crippen LogP contribution < -0.4 is 5.73 Å². The molecular formula is C14H20N2O2. The van der Waals surface area contributed by atoms with Gasteiger partial charge >= 0.3 is 0 Å². The summed E-state index contributed by atoms with van der Waals surface area (Å²) in [7, 11) is 0. The lowest BCUT2D eigenvalue weighted by atomic mass is 9.83. The monoisotopic (exact) mass is 248 g/mol. The molecular weight excluding hydrogens is 228 g/mol. The van der Waals surface area contributed by atoms with Gasteiger partial charge in [0.2, 0.25) is 5.91 Å². The molecule has 2 rings (SSSR count). The van der Waals surface area contributed by atoms with Crippen LogP contribution in [0.4, 0.5) is 0 Å². The first-order chi connectivity index (χ1) is 8.40. The molecule has 3 N–H and O–H groups in total. The number of amides is 1. The fraction of sp³-hybridized carbons (Fsp3) is 0.500. The number of hydrogen-bond acceptors (Lipinski definition) is 3. The molecule has 0 radical (unpaired) electrons. The van der Waals surface area contributed by atoms with Gasteiger partial charge in [-0.05, 0) is 23.6 Å². The molecule has 1 amide bonds. The lowest BCUT2D eigenvalue weighted by molar-refractivity contribution is -0.130. The molecule has 1 heterocycles. The predicted octanol–water partition coefficient (Wildman–Crippen LogP) is 0.988. The zero-order chi connectivity index (χ0) is 13.3. The molecule has 1 aliphatic rings. The summed E-state index contributed by atoms with van der Waals surface area (Å²) in [6.07, 6.45) is 0. The average Bonchev–Trinajstić information content (AvgIpc) is 2.26. The van der Waals surface area contributed by atoms with Crippen LogP contribution in [-0.2, 0) is 6.54 Å². The molecule has 0 atom stereocenters. The number of β-amino-alcohol motifs (C(OH)–C–C–N with tert-alkyl or cyclic N) is 1. The van der Waals surface area contributed by atoms with Gasteiger partial charge in [-0.3, -0.25) is 9.69 Å². The first-order valence-corrected chi connectivity index (χ1v) is 6.24. The van der Waals surface area contributed by atoms with Crippen LogP contribution in [0.25, 0.3) is 0 Å². The van der Waals surface area contributed by atoms with Gasteiger partial charge in [0.25, 0.3) is 0 Å². The van der Waals surface area contributed by atoms with Crippen molar-refractivity contribution in [3.05, 3.63) is 35.4 Å². The molecule has 0 spiro atoms. The molecule has 4 heteroatoms. The summed E-state index contributed by atoms with van der Waals surface area (Å²) >= 11 is 0. The Bertz CT molecular complexity index is 451. The first kappa shape index (κ1) is 13.1. The maximum absolute atomic E-state index is 11.1. The number of likely N-dealkylation sites (tertiary alicyclic amines) is 1. The molecule has 98 valence electrons. The number of nitrogens with two attached hydrogens (primary N) is 1. The zero-order valence-electron chi connectivity index (χ0n) is 10.9. The van der Waals surface area contributed by atoms with Crippen LogP contribution in [0.2, 0.25) is 0 Å². The largest absolute Gasteiger partial charge is 0.387 e. The maximum Gasteiger partial charge on any atom is 0.248 e. The summed E-state index contributed by atoms with van der Waals surface area (Å²) in [5.74, 6) is -0.134. The van der Waals surface area contributed by atoms with Crippen molar-refractivity contribution in [3.63, 3.8) is 0 Å². The Morgan fingerprint density at radius 3 is 2.72 bits per heavy atom. The average molecular weight is 248 g/mol. The summed E-state index contributed by atoms with van der Waals surface area (Å²) in [5.41, 5.74) is 6.28. The second-order valence-electron chi connectivity index (χ2n) is 5.47. The first-order valence-electron chi connectivity index (χ1n) is 6.24. The van der Waals surface area contributed by atoms with E-state index in [4.69, 9.17) is 5.73 Å². The van der Waals surface area contributed by atoms with Crippen molar-refractivity contribution in [1.82, 2.24) is 4.90 Å². The summed E-state index contributed by atoms with van der Waals surface area (Å²) in [6.45, 7) is 6.18. The number of primary amides is 1.